The first-order valence-corrected chi connectivity index (χ1v) is 21.5. The van der Waals surface area contributed by atoms with Gasteiger partial charge < -0.3 is 14.0 Å². The van der Waals surface area contributed by atoms with Gasteiger partial charge in [-0.15, -0.1) is 0 Å². The normalized spacial score (nSPS) is 33.4. The van der Waals surface area contributed by atoms with Crippen LogP contribution in [0.4, 0.5) is 0 Å². The van der Waals surface area contributed by atoms with Gasteiger partial charge in [0.1, 0.15) is 0 Å². The number of rotatable bonds is 7. The number of aliphatic hydroxyl groups excluding tert-OH is 1. The minimum atomic E-state index is -1.86. The lowest BCUT2D eigenvalue weighted by Gasteiger charge is -2.45. The average molecular weight is 563 g/mol. The van der Waals surface area contributed by atoms with E-state index in [9.17, 15) is 5.11 Å². The van der Waals surface area contributed by atoms with Crippen molar-refractivity contribution in [2.24, 2.45) is 23.2 Å². The molecule has 0 aromatic rings. The average Bonchev–Trinajstić information content (AvgIpc) is 3.12. The van der Waals surface area contributed by atoms with Crippen molar-refractivity contribution in [3.63, 3.8) is 0 Å². The molecule has 0 amide bonds. The molecule has 0 aromatic carbocycles. The number of hydrogen-bond acceptors (Lipinski definition) is 3. The molecule has 3 saturated carbocycles. The second-order valence-corrected chi connectivity index (χ2v) is 26.0. The molecule has 3 aliphatic rings. The van der Waals surface area contributed by atoms with E-state index in [1.807, 2.05) is 0 Å². The topological polar surface area (TPSA) is 38.7 Å². The van der Waals surface area contributed by atoms with Crippen LogP contribution in [0.1, 0.15) is 107 Å². The lowest BCUT2D eigenvalue weighted by Crippen LogP contribution is -2.48. The summed E-state index contributed by atoms with van der Waals surface area (Å²) in [6, 6.07) is 0. The van der Waals surface area contributed by atoms with E-state index in [1.165, 1.54) is 37.7 Å². The predicted octanol–water partition coefficient (Wildman–Crippen LogP) is 9.65. The summed E-state index contributed by atoms with van der Waals surface area (Å²) in [5.41, 5.74) is 3.52. The Balaban J connectivity index is 1.86. The van der Waals surface area contributed by atoms with Crippen molar-refractivity contribution in [1.82, 2.24) is 0 Å². The van der Waals surface area contributed by atoms with Crippen molar-refractivity contribution >= 4 is 16.6 Å². The highest BCUT2D eigenvalue weighted by Gasteiger charge is 2.50. The summed E-state index contributed by atoms with van der Waals surface area (Å²) in [4.78, 5) is 0. The van der Waals surface area contributed by atoms with Gasteiger partial charge in [-0.2, -0.15) is 0 Å². The molecule has 38 heavy (non-hydrogen) atoms. The van der Waals surface area contributed by atoms with E-state index in [0.717, 1.165) is 19.3 Å². The van der Waals surface area contributed by atoms with Crippen LogP contribution in [0.5, 0.6) is 0 Å². The Bertz CT molecular complexity index is 838. The molecule has 0 radical (unpaired) electrons. The highest BCUT2D eigenvalue weighted by atomic mass is 28.4. The van der Waals surface area contributed by atoms with E-state index in [0.29, 0.717) is 29.8 Å². The third-order valence-electron chi connectivity index (χ3n) is 11.6. The van der Waals surface area contributed by atoms with Gasteiger partial charge in [0.15, 0.2) is 16.6 Å². The van der Waals surface area contributed by atoms with Crippen molar-refractivity contribution in [2.45, 2.75) is 155 Å². The Morgan fingerprint density at radius 3 is 1.92 bits per heavy atom. The van der Waals surface area contributed by atoms with Crippen LogP contribution in [0.2, 0.25) is 36.3 Å². The van der Waals surface area contributed by atoms with E-state index in [1.54, 1.807) is 5.57 Å². The molecule has 0 aromatic heterocycles. The van der Waals surface area contributed by atoms with E-state index >= 15 is 0 Å². The maximum Gasteiger partial charge on any atom is 0.192 e. The minimum Gasteiger partial charge on any atom is -0.414 e. The monoisotopic (exact) mass is 562 g/mol. The zero-order valence-corrected chi connectivity index (χ0v) is 29.2. The maximum atomic E-state index is 9.91. The number of allylic oxidation sites excluding steroid dienone is 3. The quantitative estimate of drug-likeness (QED) is 0.314. The molecule has 220 valence electrons. The maximum absolute atomic E-state index is 9.91. The molecule has 1 N–H and O–H groups in total. The highest BCUT2D eigenvalue weighted by Crippen LogP contribution is 2.59. The van der Waals surface area contributed by atoms with Crippen LogP contribution < -0.4 is 0 Å². The largest absolute Gasteiger partial charge is 0.414 e. The van der Waals surface area contributed by atoms with Gasteiger partial charge in [0.05, 0.1) is 12.2 Å². The smallest absolute Gasteiger partial charge is 0.192 e. The molecule has 0 bridgehead atoms. The van der Waals surface area contributed by atoms with Gasteiger partial charge in [0.2, 0.25) is 0 Å². The summed E-state index contributed by atoms with van der Waals surface area (Å²) < 4.78 is 14.0. The molecule has 0 aliphatic heterocycles. The van der Waals surface area contributed by atoms with Gasteiger partial charge >= 0.3 is 0 Å². The summed E-state index contributed by atoms with van der Waals surface area (Å²) in [6.07, 6.45) is 15.0. The zero-order chi connectivity index (χ0) is 28.7. The molecule has 0 spiro atoms. The van der Waals surface area contributed by atoms with Gasteiger partial charge in [-0.3, -0.25) is 0 Å². The molecule has 0 heterocycles. The van der Waals surface area contributed by atoms with Crippen molar-refractivity contribution in [3.05, 3.63) is 23.3 Å². The Kier molecular flexibility index (Phi) is 9.85. The molecule has 6 atom stereocenters. The molecule has 3 rings (SSSR count). The molecular weight excluding hydrogens is 501 g/mol. The molecule has 0 unspecified atom stereocenters. The summed E-state index contributed by atoms with van der Waals surface area (Å²) in [7, 11) is -3.72. The fraction of sp³-hybridized carbons (Fsp3) is 0.879. The molecule has 0 saturated heterocycles. The standard InChI is InChI=1S/C33H62O3Si2/c1-24(23-34)29-17-18-30-26(14-13-19-33(29,30)8)16-15-25-20-27(35-37(9,10)31(2,3)4)22-28(21-25)36-38(11,12)32(5,6)7/h15-16,24,27-30,34H,13-14,17-23H2,1-12H3/b26-16+/t24-,27-,28-,29-,30+,33-/m1/s1. The lowest BCUT2D eigenvalue weighted by atomic mass is 9.61. The van der Waals surface area contributed by atoms with Gasteiger partial charge in [-0.05, 0) is 111 Å². The van der Waals surface area contributed by atoms with Gasteiger partial charge in [-0.1, -0.05) is 78.7 Å². The summed E-state index contributed by atoms with van der Waals surface area (Å²) in [5, 5.41) is 10.3. The minimum absolute atomic E-state index is 0.212. The molecule has 3 nitrogen and oxygen atoms in total. The molecular formula is C33H62O3Si2. The summed E-state index contributed by atoms with van der Waals surface area (Å²) >= 11 is 0. The number of hydrogen-bond donors (Lipinski definition) is 1. The third-order valence-corrected chi connectivity index (χ3v) is 20.7. The van der Waals surface area contributed by atoms with E-state index in [-0.39, 0.29) is 22.3 Å². The molecule has 5 heteroatoms. The summed E-state index contributed by atoms with van der Waals surface area (Å²) in [5.74, 6) is 1.73. The Morgan fingerprint density at radius 1 is 0.921 bits per heavy atom. The van der Waals surface area contributed by atoms with Crippen molar-refractivity contribution in [2.75, 3.05) is 6.61 Å². The second-order valence-electron chi connectivity index (χ2n) is 16.5. The van der Waals surface area contributed by atoms with Crippen LogP contribution in [0, 0.1) is 23.2 Å². The zero-order valence-electron chi connectivity index (χ0n) is 27.2. The van der Waals surface area contributed by atoms with Crippen LogP contribution in [0.3, 0.4) is 0 Å². The summed E-state index contributed by atoms with van der Waals surface area (Å²) in [6.45, 7) is 28.7. The first kappa shape index (κ1) is 32.3. The van der Waals surface area contributed by atoms with E-state index in [2.05, 4.69) is 93.7 Å². The Morgan fingerprint density at radius 2 is 1.45 bits per heavy atom. The van der Waals surface area contributed by atoms with Crippen LogP contribution in [-0.4, -0.2) is 40.6 Å². The van der Waals surface area contributed by atoms with Gasteiger partial charge in [-0.25, -0.2) is 0 Å². The number of aliphatic hydroxyl groups is 1. The Hall–Kier alpha value is -0.206. The first-order chi connectivity index (χ1) is 17.3. The number of fused-ring (bicyclic) bond motifs is 1. The predicted molar refractivity (Wildman–Crippen MR) is 169 cm³/mol. The van der Waals surface area contributed by atoms with Gasteiger partial charge in [0, 0.05) is 6.61 Å². The molecule has 3 aliphatic carbocycles. The first-order valence-electron chi connectivity index (χ1n) is 15.7. The van der Waals surface area contributed by atoms with Gasteiger partial charge in [0.25, 0.3) is 0 Å². The van der Waals surface area contributed by atoms with Crippen LogP contribution in [0.15, 0.2) is 23.3 Å². The fourth-order valence-electron chi connectivity index (χ4n) is 7.20. The van der Waals surface area contributed by atoms with Crippen LogP contribution >= 0.6 is 0 Å². The van der Waals surface area contributed by atoms with Crippen molar-refractivity contribution < 1.29 is 14.0 Å². The molecule has 3 fully saturated rings. The van der Waals surface area contributed by atoms with E-state index < -0.39 is 16.6 Å². The second kappa shape index (κ2) is 11.6. The highest BCUT2D eigenvalue weighted by molar-refractivity contribution is 6.74. The fourth-order valence-corrected chi connectivity index (χ4v) is 9.93. The van der Waals surface area contributed by atoms with Crippen molar-refractivity contribution in [1.29, 1.82) is 0 Å². The third kappa shape index (κ3) is 6.98. The van der Waals surface area contributed by atoms with Crippen molar-refractivity contribution in [3.8, 4) is 0 Å². The lowest BCUT2D eigenvalue weighted by molar-refractivity contribution is 0.0688. The Labute approximate surface area is 238 Å². The SMILES string of the molecule is C[C@H](CO)[C@H]1CC[C@H]2/C(=C/C=C3C[C@@H](O[Si](C)(C)C(C)(C)C)C[C@H](O[Si](C)(C)C(C)(C)C)C3)CCC[C@]12C. The van der Waals surface area contributed by atoms with Crippen LogP contribution in [-0.2, 0) is 8.85 Å². The van der Waals surface area contributed by atoms with Crippen LogP contribution in [0.25, 0.3) is 0 Å². The van der Waals surface area contributed by atoms with E-state index in [4.69, 9.17) is 8.85 Å².